The van der Waals surface area contributed by atoms with Crippen molar-refractivity contribution in [3.8, 4) is 22.5 Å². The molecule has 1 heterocycles. The van der Waals surface area contributed by atoms with Gasteiger partial charge in [-0.25, -0.2) is 19.6 Å². The molecule has 0 unspecified atom stereocenters. The summed E-state index contributed by atoms with van der Waals surface area (Å²) in [6, 6.07) is 10.8. The van der Waals surface area contributed by atoms with Gasteiger partial charge >= 0.3 is 11.9 Å². The van der Waals surface area contributed by atoms with Gasteiger partial charge < -0.3 is 9.47 Å². The van der Waals surface area contributed by atoms with Crippen LogP contribution in [0.3, 0.4) is 0 Å². The topological polar surface area (TPSA) is 78.4 Å². The molecule has 142 valence electrons. The Balaban J connectivity index is 1.97. The minimum atomic E-state index is -0.406. The molecule has 0 amide bonds. The van der Waals surface area contributed by atoms with Crippen molar-refractivity contribution in [2.24, 2.45) is 0 Å². The Morgan fingerprint density at radius 1 is 0.679 bits per heavy atom. The van der Waals surface area contributed by atoms with Gasteiger partial charge in [-0.3, -0.25) is 0 Å². The van der Waals surface area contributed by atoms with Crippen LogP contribution in [0.2, 0.25) is 0 Å². The number of ether oxygens (including phenoxy) is 2. The monoisotopic (exact) mass is 376 g/mol. The van der Waals surface area contributed by atoms with E-state index in [0.717, 1.165) is 27.8 Å². The highest BCUT2D eigenvalue weighted by molar-refractivity contribution is 5.92. The molecule has 0 radical (unpaired) electrons. The van der Waals surface area contributed by atoms with Crippen LogP contribution in [0.5, 0.6) is 0 Å². The summed E-state index contributed by atoms with van der Waals surface area (Å²) in [5, 5.41) is 0. The summed E-state index contributed by atoms with van der Waals surface area (Å²) >= 11 is 0. The Labute approximate surface area is 163 Å². The highest BCUT2D eigenvalue weighted by Gasteiger charge is 2.12. The zero-order valence-electron chi connectivity index (χ0n) is 16.1. The average molecular weight is 376 g/mol. The Morgan fingerprint density at radius 2 is 1.14 bits per heavy atom. The third-order valence-corrected chi connectivity index (χ3v) is 4.24. The van der Waals surface area contributed by atoms with Crippen LogP contribution in [-0.4, -0.2) is 36.1 Å². The first-order valence-corrected chi connectivity index (χ1v) is 8.64. The SMILES string of the molecule is COC(=O)c1cc(C)cc(-c2cnc(-c3cc(C)cc(C(=O)OC)c3)nc2)c1. The molecule has 0 fully saturated rings. The molecule has 6 heteroatoms. The molecule has 28 heavy (non-hydrogen) atoms. The van der Waals surface area contributed by atoms with Crippen LogP contribution in [0.4, 0.5) is 0 Å². The standard InChI is InChI=1S/C22H20N2O4/c1-13-5-15(9-17(7-13)21(25)27-3)19-11-23-20(24-12-19)16-6-14(2)8-18(10-16)22(26)28-4/h5-12H,1-4H3. The van der Waals surface area contributed by atoms with Crippen molar-refractivity contribution in [3.63, 3.8) is 0 Å². The molecule has 6 nitrogen and oxygen atoms in total. The van der Waals surface area contributed by atoms with Crippen LogP contribution in [0.15, 0.2) is 48.8 Å². The zero-order valence-corrected chi connectivity index (χ0v) is 16.1. The lowest BCUT2D eigenvalue weighted by Gasteiger charge is -2.08. The van der Waals surface area contributed by atoms with E-state index < -0.39 is 11.9 Å². The van der Waals surface area contributed by atoms with E-state index in [2.05, 4.69) is 9.97 Å². The Kier molecular flexibility index (Phi) is 5.49. The summed E-state index contributed by atoms with van der Waals surface area (Å²) in [4.78, 5) is 32.5. The van der Waals surface area contributed by atoms with E-state index in [1.807, 2.05) is 26.0 Å². The quantitative estimate of drug-likeness (QED) is 0.641. The molecule has 0 spiro atoms. The number of nitrogens with zero attached hydrogens (tertiary/aromatic N) is 2. The number of hydrogen-bond acceptors (Lipinski definition) is 6. The van der Waals surface area contributed by atoms with Gasteiger partial charge in [0.25, 0.3) is 0 Å². The molecular weight excluding hydrogens is 356 g/mol. The lowest BCUT2D eigenvalue weighted by Crippen LogP contribution is -2.03. The van der Waals surface area contributed by atoms with Crippen LogP contribution in [0, 0.1) is 13.8 Å². The van der Waals surface area contributed by atoms with Gasteiger partial charge in [-0.2, -0.15) is 0 Å². The number of rotatable bonds is 4. The van der Waals surface area contributed by atoms with Gasteiger partial charge in [0.2, 0.25) is 0 Å². The molecule has 0 bridgehead atoms. The number of carbonyl (C=O) groups excluding carboxylic acids is 2. The van der Waals surface area contributed by atoms with Gasteiger partial charge in [0.1, 0.15) is 0 Å². The molecule has 0 aliphatic rings. The first-order valence-electron chi connectivity index (χ1n) is 8.64. The van der Waals surface area contributed by atoms with Crippen LogP contribution in [0.1, 0.15) is 31.8 Å². The van der Waals surface area contributed by atoms with E-state index in [9.17, 15) is 9.59 Å². The average Bonchev–Trinajstić information content (AvgIpc) is 2.71. The Hall–Kier alpha value is -3.54. The highest BCUT2D eigenvalue weighted by Crippen LogP contribution is 2.24. The van der Waals surface area contributed by atoms with Crippen molar-refractivity contribution >= 4 is 11.9 Å². The molecule has 0 saturated heterocycles. The van der Waals surface area contributed by atoms with Crippen molar-refractivity contribution in [2.75, 3.05) is 14.2 Å². The normalized spacial score (nSPS) is 10.4. The number of hydrogen-bond donors (Lipinski definition) is 0. The molecule has 3 rings (SSSR count). The molecule has 3 aromatic rings. The number of aromatic nitrogens is 2. The first kappa shape index (κ1) is 19.2. The Morgan fingerprint density at radius 3 is 1.64 bits per heavy atom. The molecule has 2 aromatic carbocycles. The van der Waals surface area contributed by atoms with E-state index >= 15 is 0 Å². The van der Waals surface area contributed by atoms with Gasteiger partial charge in [0, 0.05) is 23.5 Å². The van der Waals surface area contributed by atoms with Crippen LogP contribution < -0.4 is 0 Å². The summed E-state index contributed by atoms with van der Waals surface area (Å²) in [6.07, 6.45) is 3.39. The van der Waals surface area contributed by atoms with Gasteiger partial charge in [-0.05, 0) is 60.9 Å². The number of benzene rings is 2. The summed E-state index contributed by atoms with van der Waals surface area (Å²) in [6.45, 7) is 3.80. The molecular formula is C22H20N2O4. The zero-order chi connectivity index (χ0) is 20.3. The van der Waals surface area contributed by atoms with E-state index in [1.54, 1.807) is 36.7 Å². The maximum atomic E-state index is 11.8. The lowest BCUT2D eigenvalue weighted by molar-refractivity contribution is 0.0592. The second-order valence-electron chi connectivity index (χ2n) is 6.45. The smallest absolute Gasteiger partial charge is 0.337 e. The van der Waals surface area contributed by atoms with E-state index in [4.69, 9.17) is 9.47 Å². The minimum absolute atomic E-state index is 0.391. The number of carbonyl (C=O) groups is 2. The van der Waals surface area contributed by atoms with Crippen LogP contribution in [0.25, 0.3) is 22.5 Å². The lowest BCUT2D eigenvalue weighted by atomic mass is 10.0. The van der Waals surface area contributed by atoms with E-state index in [-0.39, 0.29) is 0 Å². The second-order valence-corrected chi connectivity index (χ2v) is 6.45. The maximum Gasteiger partial charge on any atom is 0.337 e. The van der Waals surface area contributed by atoms with Crippen molar-refractivity contribution < 1.29 is 19.1 Å². The van der Waals surface area contributed by atoms with Gasteiger partial charge in [-0.1, -0.05) is 6.07 Å². The number of methoxy groups -OCH3 is 2. The fourth-order valence-corrected chi connectivity index (χ4v) is 2.96. The first-order chi connectivity index (χ1) is 13.4. The molecule has 1 aromatic heterocycles. The van der Waals surface area contributed by atoms with Crippen molar-refractivity contribution in [1.29, 1.82) is 0 Å². The maximum absolute atomic E-state index is 11.8. The van der Waals surface area contributed by atoms with Gasteiger partial charge in [-0.15, -0.1) is 0 Å². The summed E-state index contributed by atoms with van der Waals surface area (Å²) in [5.74, 6) is -0.298. The molecule has 0 aliphatic heterocycles. The van der Waals surface area contributed by atoms with Gasteiger partial charge in [0.05, 0.1) is 25.3 Å². The number of aryl methyl sites for hydroxylation is 2. The van der Waals surface area contributed by atoms with Crippen molar-refractivity contribution in [3.05, 3.63) is 71.0 Å². The highest BCUT2D eigenvalue weighted by atomic mass is 16.5. The summed E-state index contributed by atoms with van der Waals surface area (Å²) < 4.78 is 9.59. The largest absolute Gasteiger partial charge is 0.465 e. The second kappa shape index (κ2) is 8.00. The molecule has 0 aliphatic carbocycles. The van der Waals surface area contributed by atoms with E-state index in [0.29, 0.717) is 17.0 Å². The summed E-state index contributed by atoms with van der Waals surface area (Å²) in [7, 11) is 2.70. The molecule has 0 atom stereocenters. The fraction of sp³-hybridized carbons (Fsp3) is 0.182. The summed E-state index contributed by atoms with van der Waals surface area (Å²) in [5.41, 5.74) is 5.10. The minimum Gasteiger partial charge on any atom is -0.465 e. The predicted molar refractivity (Wildman–Crippen MR) is 105 cm³/mol. The van der Waals surface area contributed by atoms with Crippen LogP contribution >= 0.6 is 0 Å². The predicted octanol–water partition coefficient (Wildman–Crippen LogP) is 4.00. The fourth-order valence-electron chi connectivity index (χ4n) is 2.96. The number of esters is 2. The molecule has 0 N–H and O–H groups in total. The Bertz CT molecular complexity index is 958. The van der Waals surface area contributed by atoms with E-state index in [1.165, 1.54) is 14.2 Å². The third-order valence-electron chi connectivity index (χ3n) is 4.24. The van der Waals surface area contributed by atoms with Gasteiger partial charge in [0.15, 0.2) is 5.82 Å². The molecule has 0 saturated carbocycles. The third kappa shape index (κ3) is 4.06. The van der Waals surface area contributed by atoms with Crippen molar-refractivity contribution in [2.45, 2.75) is 13.8 Å². The van der Waals surface area contributed by atoms with Crippen molar-refractivity contribution in [1.82, 2.24) is 9.97 Å². The van der Waals surface area contributed by atoms with Crippen LogP contribution in [-0.2, 0) is 9.47 Å².